The van der Waals surface area contributed by atoms with Crippen LogP contribution in [0.5, 0.6) is 5.75 Å². The Bertz CT molecular complexity index is 1070. The van der Waals surface area contributed by atoms with Crippen LogP contribution in [-0.4, -0.2) is 25.7 Å². The van der Waals surface area contributed by atoms with Crippen molar-refractivity contribution in [3.8, 4) is 17.0 Å². The molecule has 2 aliphatic rings. The fourth-order valence-corrected chi connectivity index (χ4v) is 3.77. The number of alkyl halides is 3. The molecule has 2 aromatic heterocycles. The fraction of sp³-hybridized carbons (Fsp3) is 0.263. The zero-order valence-electron chi connectivity index (χ0n) is 14.7. The van der Waals surface area contributed by atoms with E-state index in [4.69, 9.17) is 5.10 Å². The number of aryl methyl sites for hydroxylation is 1. The van der Waals surface area contributed by atoms with Crippen molar-refractivity contribution < 1.29 is 17.9 Å². The number of anilines is 1. The van der Waals surface area contributed by atoms with Gasteiger partial charge in [-0.25, -0.2) is 4.98 Å². The van der Waals surface area contributed by atoms with Crippen molar-refractivity contribution in [2.24, 2.45) is 0 Å². The van der Waals surface area contributed by atoms with E-state index in [9.17, 15) is 13.2 Å². The first-order chi connectivity index (χ1) is 13.5. The molecular formula is C19H16F3N5O. The molecule has 2 aliphatic heterocycles. The zero-order chi connectivity index (χ0) is 19.3. The number of imidazole rings is 1. The highest BCUT2D eigenvalue weighted by atomic mass is 19.4. The van der Waals surface area contributed by atoms with Crippen LogP contribution in [-0.2, 0) is 19.6 Å². The van der Waals surface area contributed by atoms with E-state index in [1.165, 1.54) is 12.1 Å². The Hall–Kier alpha value is -3.23. The first-order valence-electron chi connectivity index (χ1n) is 8.90. The average Bonchev–Trinajstić information content (AvgIpc) is 3.35. The molecule has 0 atom stereocenters. The molecule has 0 N–H and O–H groups in total. The maximum Gasteiger partial charge on any atom is 0.573 e. The van der Waals surface area contributed by atoms with Crippen molar-refractivity contribution in [3.63, 3.8) is 0 Å². The Morgan fingerprint density at radius 2 is 2.07 bits per heavy atom. The van der Waals surface area contributed by atoms with Gasteiger partial charge in [-0.3, -0.25) is 4.68 Å². The molecule has 4 heterocycles. The lowest BCUT2D eigenvalue weighted by Crippen LogP contribution is -2.24. The van der Waals surface area contributed by atoms with E-state index in [-0.39, 0.29) is 5.75 Å². The third-order valence-electron chi connectivity index (χ3n) is 4.90. The molecule has 28 heavy (non-hydrogen) atoms. The summed E-state index contributed by atoms with van der Waals surface area (Å²) in [6, 6.07) is 5.97. The third kappa shape index (κ3) is 2.92. The van der Waals surface area contributed by atoms with Gasteiger partial charge in [0.05, 0.1) is 11.4 Å². The van der Waals surface area contributed by atoms with Crippen LogP contribution < -0.4 is 9.64 Å². The van der Waals surface area contributed by atoms with Gasteiger partial charge in [0.15, 0.2) is 0 Å². The molecule has 0 saturated heterocycles. The lowest BCUT2D eigenvalue weighted by molar-refractivity contribution is -0.274. The van der Waals surface area contributed by atoms with E-state index in [0.29, 0.717) is 17.9 Å². The highest BCUT2D eigenvalue weighted by Crippen LogP contribution is 2.39. The highest BCUT2D eigenvalue weighted by molar-refractivity contribution is 5.80. The van der Waals surface area contributed by atoms with Gasteiger partial charge in [0.25, 0.3) is 0 Å². The molecule has 6 nitrogen and oxygen atoms in total. The fourth-order valence-electron chi connectivity index (χ4n) is 3.77. The van der Waals surface area contributed by atoms with E-state index in [2.05, 4.69) is 14.6 Å². The molecule has 9 heteroatoms. The molecule has 3 aromatic rings. The van der Waals surface area contributed by atoms with E-state index >= 15 is 0 Å². The second-order valence-electron chi connectivity index (χ2n) is 6.73. The lowest BCUT2D eigenvalue weighted by Gasteiger charge is -2.26. The van der Waals surface area contributed by atoms with E-state index in [1.54, 1.807) is 18.3 Å². The van der Waals surface area contributed by atoms with Gasteiger partial charge in [-0.2, -0.15) is 5.10 Å². The minimum atomic E-state index is -4.73. The maximum atomic E-state index is 12.6. The van der Waals surface area contributed by atoms with Crippen molar-refractivity contribution in [1.29, 1.82) is 0 Å². The number of hydrogen-bond donors (Lipinski definition) is 0. The van der Waals surface area contributed by atoms with Crippen LogP contribution in [0.4, 0.5) is 18.9 Å². The van der Waals surface area contributed by atoms with E-state index < -0.39 is 6.36 Å². The number of ether oxygens (including phenoxy) is 1. The van der Waals surface area contributed by atoms with Gasteiger partial charge < -0.3 is 14.2 Å². The lowest BCUT2D eigenvalue weighted by atomic mass is 10.1. The Morgan fingerprint density at radius 3 is 2.93 bits per heavy atom. The predicted octanol–water partition coefficient (Wildman–Crippen LogP) is 4.04. The van der Waals surface area contributed by atoms with Crippen molar-refractivity contribution in [3.05, 3.63) is 54.4 Å². The van der Waals surface area contributed by atoms with Gasteiger partial charge in [0.1, 0.15) is 23.9 Å². The Morgan fingerprint density at radius 1 is 1.18 bits per heavy atom. The van der Waals surface area contributed by atoms with Crippen molar-refractivity contribution in [2.75, 3.05) is 4.90 Å². The van der Waals surface area contributed by atoms with E-state index in [1.807, 2.05) is 27.7 Å². The third-order valence-corrected chi connectivity index (χ3v) is 4.90. The zero-order valence-corrected chi connectivity index (χ0v) is 14.7. The summed E-state index contributed by atoms with van der Waals surface area (Å²) < 4.78 is 45.9. The van der Waals surface area contributed by atoms with Crippen LogP contribution >= 0.6 is 0 Å². The minimum absolute atomic E-state index is 0.254. The van der Waals surface area contributed by atoms with Crippen LogP contribution in [0.25, 0.3) is 17.3 Å². The van der Waals surface area contributed by atoms with Gasteiger partial charge in [0, 0.05) is 30.7 Å². The Labute approximate surface area is 158 Å². The average molecular weight is 387 g/mol. The van der Waals surface area contributed by atoms with Crippen molar-refractivity contribution >= 4 is 11.8 Å². The second kappa shape index (κ2) is 6.15. The minimum Gasteiger partial charge on any atom is -0.406 e. The van der Waals surface area contributed by atoms with Crippen LogP contribution in [0, 0.1) is 0 Å². The molecular weight excluding hydrogens is 371 g/mol. The molecule has 0 radical (unpaired) electrons. The van der Waals surface area contributed by atoms with Crippen LogP contribution in [0.1, 0.15) is 17.9 Å². The Kier molecular flexibility index (Phi) is 3.71. The number of fused-ring (bicyclic) bond motifs is 2. The monoisotopic (exact) mass is 387 g/mol. The second-order valence-corrected chi connectivity index (χ2v) is 6.73. The topological polar surface area (TPSA) is 48.1 Å². The van der Waals surface area contributed by atoms with Crippen molar-refractivity contribution in [1.82, 2.24) is 19.3 Å². The first kappa shape index (κ1) is 16.9. The smallest absolute Gasteiger partial charge is 0.406 e. The first-order valence-corrected chi connectivity index (χ1v) is 8.90. The van der Waals surface area contributed by atoms with Crippen molar-refractivity contribution in [2.45, 2.75) is 32.4 Å². The van der Waals surface area contributed by atoms with Gasteiger partial charge in [-0.05, 0) is 31.1 Å². The number of aromatic nitrogens is 4. The molecule has 144 valence electrons. The molecule has 0 bridgehead atoms. The van der Waals surface area contributed by atoms with Crippen LogP contribution in [0.2, 0.25) is 0 Å². The number of halogens is 3. The van der Waals surface area contributed by atoms with Gasteiger partial charge in [-0.1, -0.05) is 12.1 Å². The number of hydrogen-bond acceptors (Lipinski definition) is 4. The summed E-state index contributed by atoms with van der Waals surface area (Å²) in [6.07, 6.45) is 4.64. The summed E-state index contributed by atoms with van der Waals surface area (Å²) >= 11 is 0. The predicted molar refractivity (Wildman–Crippen MR) is 96.4 cm³/mol. The maximum absolute atomic E-state index is 12.6. The summed E-state index contributed by atoms with van der Waals surface area (Å²) in [5.41, 5.74) is 3.24. The summed E-state index contributed by atoms with van der Waals surface area (Å²) in [6.45, 7) is 1.37. The summed E-state index contributed by atoms with van der Waals surface area (Å²) in [7, 11) is 0. The summed E-state index contributed by atoms with van der Waals surface area (Å²) in [5.74, 6) is 0.609. The quantitative estimate of drug-likeness (QED) is 0.681. The largest absolute Gasteiger partial charge is 0.573 e. The van der Waals surface area contributed by atoms with E-state index in [0.717, 1.165) is 36.6 Å². The van der Waals surface area contributed by atoms with Gasteiger partial charge in [-0.15, -0.1) is 13.2 Å². The summed E-state index contributed by atoms with van der Waals surface area (Å²) in [5, 5.41) is 4.70. The van der Waals surface area contributed by atoms with Gasteiger partial charge >= 0.3 is 6.36 Å². The number of rotatable bonds is 3. The molecule has 1 aromatic carbocycles. The normalized spacial score (nSPS) is 15.6. The van der Waals surface area contributed by atoms with Crippen LogP contribution in [0.15, 0.2) is 42.9 Å². The SMILES string of the molecule is FC(F)(F)Oc1cccc(-c2nn3c(c2N2C=Cc4nccn4C2)CCC3)c1. The molecule has 5 rings (SSSR count). The van der Waals surface area contributed by atoms with Gasteiger partial charge in [0.2, 0.25) is 0 Å². The van der Waals surface area contributed by atoms with Crippen LogP contribution in [0.3, 0.4) is 0 Å². The number of benzene rings is 1. The standard InChI is InChI=1S/C19H16F3N5O/c20-19(21,22)28-14-4-1-3-13(11-14)17-18(15-5-2-8-27(15)24-17)26-9-6-16-23-7-10-25(16)12-26/h1,3-4,6-7,9-11H,2,5,8,12H2. The molecule has 0 saturated carbocycles. The molecule has 0 fully saturated rings. The molecule has 0 amide bonds. The molecule has 0 spiro atoms. The summed E-state index contributed by atoms with van der Waals surface area (Å²) in [4.78, 5) is 6.34. The highest BCUT2D eigenvalue weighted by Gasteiger charge is 2.32. The Balaban J connectivity index is 1.57. The molecule has 0 aliphatic carbocycles. The molecule has 0 unspecified atom stereocenters. The number of nitrogens with zero attached hydrogens (tertiary/aromatic N) is 5.